The Morgan fingerprint density at radius 3 is 2.19 bits per heavy atom. The van der Waals surface area contributed by atoms with E-state index in [1.54, 1.807) is 35.7 Å². The van der Waals surface area contributed by atoms with Crippen LogP contribution in [0.1, 0.15) is 24.2 Å². The van der Waals surface area contributed by atoms with Gasteiger partial charge in [-0.15, -0.1) is 0 Å². The van der Waals surface area contributed by atoms with Gasteiger partial charge in [-0.2, -0.15) is 4.99 Å². The van der Waals surface area contributed by atoms with Crippen LogP contribution < -0.4 is 0 Å². The molecule has 1 aromatic carbocycles. The fraction of sp³-hybridized carbons (Fsp3) is 0.333. The maximum Gasteiger partial charge on any atom is 0.278 e. The van der Waals surface area contributed by atoms with Crippen LogP contribution in [-0.4, -0.2) is 21.8 Å². The maximum absolute atomic E-state index is 11.8. The van der Waals surface area contributed by atoms with Crippen molar-refractivity contribution in [2.45, 2.75) is 13.8 Å². The predicted molar refractivity (Wildman–Crippen MR) is 74.5 cm³/mol. The van der Waals surface area contributed by atoms with Crippen LogP contribution >= 0.6 is 23.5 Å². The van der Waals surface area contributed by atoms with Gasteiger partial charge < -0.3 is 0 Å². The molecule has 0 aromatic heterocycles. The van der Waals surface area contributed by atoms with Gasteiger partial charge >= 0.3 is 0 Å². The van der Waals surface area contributed by atoms with Crippen LogP contribution in [0.25, 0.3) is 0 Å². The Balaban J connectivity index is 2.76. The highest BCUT2D eigenvalue weighted by molar-refractivity contribution is 8.38. The summed E-state index contributed by atoms with van der Waals surface area (Å²) in [4.78, 5) is 15.9. The van der Waals surface area contributed by atoms with Crippen LogP contribution in [0, 0.1) is 0 Å². The summed E-state index contributed by atoms with van der Waals surface area (Å²) in [5, 5.41) is 0. The van der Waals surface area contributed by atoms with Crippen molar-refractivity contribution in [3.8, 4) is 0 Å². The summed E-state index contributed by atoms with van der Waals surface area (Å²) >= 11 is 3.23. The Hall–Kier alpha value is -0.740. The molecular formula is C12H15NOS2. The molecule has 2 nitrogen and oxygen atoms in total. The van der Waals surface area contributed by atoms with Gasteiger partial charge in [-0.3, -0.25) is 4.79 Å². The highest BCUT2D eigenvalue weighted by Gasteiger charge is 2.06. The average molecular weight is 253 g/mol. The molecule has 0 N–H and O–H groups in total. The zero-order chi connectivity index (χ0) is 11.8. The summed E-state index contributed by atoms with van der Waals surface area (Å²) in [7, 11) is 0. The SMILES string of the molecule is CCSC(=NC(=O)c1ccccc1)SCC. The molecule has 4 heteroatoms. The number of nitrogens with zero attached hydrogens (tertiary/aromatic N) is 1. The first-order valence-corrected chi connectivity index (χ1v) is 7.18. The summed E-state index contributed by atoms with van der Waals surface area (Å²) < 4.78 is 0.860. The predicted octanol–water partition coefficient (Wildman–Crippen LogP) is 3.69. The molecule has 0 bridgehead atoms. The van der Waals surface area contributed by atoms with E-state index >= 15 is 0 Å². The number of amides is 1. The van der Waals surface area contributed by atoms with Crippen molar-refractivity contribution < 1.29 is 4.79 Å². The summed E-state index contributed by atoms with van der Waals surface area (Å²) in [5.74, 6) is 1.72. The van der Waals surface area contributed by atoms with E-state index in [9.17, 15) is 4.79 Å². The van der Waals surface area contributed by atoms with E-state index in [1.807, 2.05) is 18.2 Å². The van der Waals surface area contributed by atoms with Gasteiger partial charge in [0.25, 0.3) is 5.91 Å². The highest BCUT2D eigenvalue weighted by atomic mass is 32.2. The molecule has 0 radical (unpaired) electrons. The lowest BCUT2D eigenvalue weighted by molar-refractivity contribution is 0.100. The third kappa shape index (κ3) is 4.41. The second kappa shape index (κ2) is 7.52. The monoisotopic (exact) mass is 253 g/mol. The lowest BCUT2D eigenvalue weighted by Gasteiger charge is -2.01. The smallest absolute Gasteiger partial charge is 0.267 e. The van der Waals surface area contributed by atoms with Gasteiger partial charge in [0.1, 0.15) is 4.38 Å². The molecule has 0 aliphatic carbocycles. The molecule has 1 aromatic rings. The van der Waals surface area contributed by atoms with Crippen LogP contribution in [0.15, 0.2) is 35.3 Å². The summed E-state index contributed by atoms with van der Waals surface area (Å²) in [6.07, 6.45) is 0. The second-order valence-electron chi connectivity index (χ2n) is 2.91. The minimum atomic E-state index is -0.155. The van der Waals surface area contributed by atoms with Crippen molar-refractivity contribution in [3.05, 3.63) is 35.9 Å². The number of carbonyl (C=O) groups is 1. The topological polar surface area (TPSA) is 29.4 Å². The molecule has 0 saturated heterocycles. The zero-order valence-corrected chi connectivity index (χ0v) is 11.1. The molecule has 1 amide bonds. The number of benzene rings is 1. The fourth-order valence-corrected chi connectivity index (χ4v) is 2.91. The Kier molecular flexibility index (Phi) is 6.26. The van der Waals surface area contributed by atoms with E-state index in [4.69, 9.17) is 0 Å². The molecular weight excluding hydrogens is 238 g/mol. The number of hydrogen-bond acceptors (Lipinski definition) is 3. The molecule has 0 saturated carbocycles. The van der Waals surface area contributed by atoms with Gasteiger partial charge in [0.2, 0.25) is 0 Å². The fourth-order valence-electron chi connectivity index (χ4n) is 1.08. The van der Waals surface area contributed by atoms with Crippen molar-refractivity contribution in [3.63, 3.8) is 0 Å². The van der Waals surface area contributed by atoms with Gasteiger partial charge in [0.15, 0.2) is 0 Å². The van der Waals surface area contributed by atoms with Crippen molar-refractivity contribution in [2.24, 2.45) is 4.99 Å². The minimum absolute atomic E-state index is 0.155. The van der Waals surface area contributed by atoms with Crippen LogP contribution in [0.2, 0.25) is 0 Å². The van der Waals surface area contributed by atoms with Gasteiger partial charge in [0.05, 0.1) is 0 Å². The molecule has 0 aliphatic rings. The Morgan fingerprint density at radius 2 is 1.69 bits per heavy atom. The summed E-state index contributed by atoms with van der Waals surface area (Å²) in [5.41, 5.74) is 0.647. The van der Waals surface area contributed by atoms with Crippen molar-refractivity contribution >= 4 is 33.8 Å². The molecule has 0 heterocycles. The lowest BCUT2D eigenvalue weighted by Crippen LogP contribution is -1.98. The Labute approximate surface area is 105 Å². The number of rotatable bonds is 3. The summed E-state index contributed by atoms with van der Waals surface area (Å²) in [6.45, 7) is 4.12. The van der Waals surface area contributed by atoms with E-state index < -0.39 is 0 Å². The molecule has 0 spiro atoms. The minimum Gasteiger partial charge on any atom is -0.267 e. The third-order valence-corrected chi connectivity index (χ3v) is 3.71. The van der Waals surface area contributed by atoms with Gasteiger partial charge in [-0.05, 0) is 23.6 Å². The maximum atomic E-state index is 11.8. The van der Waals surface area contributed by atoms with Crippen molar-refractivity contribution in [1.29, 1.82) is 0 Å². The van der Waals surface area contributed by atoms with Crippen molar-refractivity contribution in [1.82, 2.24) is 0 Å². The molecule has 86 valence electrons. The molecule has 16 heavy (non-hydrogen) atoms. The first-order chi connectivity index (χ1) is 7.77. The third-order valence-electron chi connectivity index (χ3n) is 1.75. The first kappa shape index (κ1) is 13.3. The molecule has 0 atom stereocenters. The van der Waals surface area contributed by atoms with E-state index in [1.165, 1.54) is 0 Å². The molecule has 1 rings (SSSR count). The standard InChI is InChI=1S/C12H15NOS2/c1-3-15-12(16-4-2)13-11(14)10-8-6-5-7-9-10/h5-9H,3-4H2,1-2H3. The number of aliphatic imine (C=N–C) groups is 1. The number of thioether (sulfide) groups is 2. The summed E-state index contributed by atoms with van der Waals surface area (Å²) in [6, 6.07) is 9.17. The van der Waals surface area contributed by atoms with Gasteiger partial charge in [0, 0.05) is 5.56 Å². The largest absolute Gasteiger partial charge is 0.278 e. The van der Waals surface area contributed by atoms with E-state index in [-0.39, 0.29) is 5.91 Å². The second-order valence-corrected chi connectivity index (χ2v) is 5.68. The highest BCUT2D eigenvalue weighted by Crippen LogP contribution is 2.17. The number of hydrogen-bond donors (Lipinski definition) is 0. The van der Waals surface area contributed by atoms with Crippen molar-refractivity contribution in [2.75, 3.05) is 11.5 Å². The molecule has 0 aliphatic heterocycles. The molecule has 0 fully saturated rings. The van der Waals surface area contributed by atoms with E-state index in [0.29, 0.717) is 5.56 Å². The Morgan fingerprint density at radius 1 is 1.12 bits per heavy atom. The molecule has 0 unspecified atom stereocenters. The lowest BCUT2D eigenvalue weighted by atomic mass is 10.2. The van der Waals surface area contributed by atoms with Crippen LogP contribution in [-0.2, 0) is 0 Å². The van der Waals surface area contributed by atoms with Gasteiger partial charge in [-0.25, -0.2) is 0 Å². The average Bonchev–Trinajstić information content (AvgIpc) is 2.31. The number of carbonyl (C=O) groups excluding carboxylic acids is 1. The van der Waals surface area contributed by atoms with Crippen LogP contribution in [0.3, 0.4) is 0 Å². The van der Waals surface area contributed by atoms with Crippen LogP contribution in [0.5, 0.6) is 0 Å². The first-order valence-electron chi connectivity index (χ1n) is 5.21. The van der Waals surface area contributed by atoms with Gasteiger partial charge in [-0.1, -0.05) is 55.6 Å². The zero-order valence-electron chi connectivity index (χ0n) is 9.47. The normalized spacial score (nSPS) is 9.88. The Bertz CT molecular complexity index is 355. The van der Waals surface area contributed by atoms with E-state index in [2.05, 4.69) is 18.8 Å². The quantitative estimate of drug-likeness (QED) is 0.608. The van der Waals surface area contributed by atoms with Crippen LogP contribution in [0.4, 0.5) is 0 Å². The van der Waals surface area contributed by atoms with E-state index in [0.717, 1.165) is 15.9 Å².